The smallest absolute Gasteiger partial charge is 0.321 e. The number of nitrogens with zero attached hydrogens (tertiary/aromatic N) is 1. The molecule has 8 heteroatoms. The number of fused-ring (bicyclic) bond motifs is 5. The Morgan fingerprint density at radius 1 is 0.903 bits per heavy atom. The van der Waals surface area contributed by atoms with Crippen LogP contribution < -0.4 is 10.2 Å². The lowest BCUT2D eigenvalue weighted by Gasteiger charge is -2.20. The summed E-state index contributed by atoms with van der Waals surface area (Å²) < 4.78 is 39.9. The quantitative estimate of drug-likeness (QED) is 0.733. The zero-order valence-corrected chi connectivity index (χ0v) is 16.4. The molecule has 31 heavy (non-hydrogen) atoms. The van der Waals surface area contributed by atoms with E-state index < -0.39 is 17.6 Å². The Hall–Kier alpha value is -3.16. The van der Waals surface area contributed by atoms with Gasteiger partial charge in [-0.25, -0.2) is 4.90 Å². The molecule has 2 aromatic rings. The second-order valence-corrected chi connectivity index (χ2v) is 8.41. The van der Waals surface area contributed by atoms with E-state index in [1.54, 1.807) is 12.1 Å². The Morgan fingerprint density at radius 2 is 1.48 bits per heavy atom. The summed E-state index contributed by atoms with van der Waals surface area (Å²) in [4.78, 5) is 40.3. The zero-order valence-electron chi connectivity index (χ0n) is 16.4. The number of hydrogen-bond acceptors (Lipinski definition) is 3. The summed E-state index contributed by atoms with van der Waals surface area (Å²) in [5.74, 6) is -1.75. The van der Waals surface area contributed by atoms with E-state index in [1.165, 1.54) is 24.3 Å². The van der Waals surface area contributed by atoms with Crippen molar-refractivity contribution in [2.24, 2.45) is 23.7 Å². The minimum Gasteiger partial charge on any atom is -0.321 e. The first kappa shape index (κ1) is 19.8. The Kier molecular flexibility index (Phi) is 4.42. The summed E-state index contributed by atoms with van der Waals surface area (Å²) in [7, 11) is 0. The number of benzene rings is 2. The van der Waals surface area contributed by atoms with Crippen LogP contribution in [0.1, 0.15) is 35.2 Å². The first-order valence-electron chi connectivity index (χ1n) is 10.2. The summed E-state index contributed by atoms with van der Waals surface area (Å²) in [6, 6.07) is 10.7. The van der Waals surface area contributed by atoms with Crippen molar-refractivity contribution in [1.29, 1.82) is 0 Å². The molecule has 160 valence electrons. The number of rotatable bonds is 3. The number of alkyl halides is 3. The third-order valence-electron chi connectivity index (χ3n) is 6.80. The number of halogens is 3. The maximum atomic E-state index is 13.3. The largest absolute Gasteiger partial charge is 0.418 e. The summed E-state index contributed by atoms with van der Waals surface area (Å²) in [5.41, 5.74) is -1.26. The number of carbonyl (C=O) groups is 3. The molecule has 5 rings (SSSR count). The van der Waals surface area contributed by atoms with Gasteiger partial charge in [-0.1, -0.05) is 24.3 Å². The SMILES string of the molecule is O=C(Nc1ccccc1C(F)(F)F)c1ccccc1N1C(=O)[C@@H]2[C@H]3CC[C@@H](C3)[C@H]2C1=O. The van der Waals surface area contributed by atoms with Crippen molar-refractivity contribution < 1.29 is 27.6 Å². The third kappa shape index (κ3) is 3.04. The van der Waals surface area contributed by atoms with E-state index in [4.69, 9.17) is 0 Å². The molecular weight excluding hydrogens is 409 g/mol. The van der Waals surface area contributed by atoms with Gasteiger partial charge in [0.1, 0.15) is 0 Å². The molecule has 5 nitrogen and oxygen atoms in total. The van der Waals surface area contributed by atoms with Crippen LogP contribution >= 0.6 is 0 Å². The lowest BCUT2D eigenvalue weighted by molar-refractivity contribution is -0.137. The molecule has 2 aliphatic carbocycles. The molecule has 0 unspecified atom stereocenters. The van der Waals surface area contributed by atoms with Gasteiger partial charge in [0.05, 0.1) is 34.3 Å². The molecular formula is C23H19F3N2O3. The van der Waals surface area contributed by atoms with Gasteiger partial charge < -0.3 is 5.32 Å². The molecule has 1 aliphatic heterocycles. The van der Waals surface area contributed by atoms with Crippen LogP contribution in [0.4, 0.5) is 24.5 Å². The number of imide groups is 1. The minimum atomic E-state index is -4.64. The fourth-order valence-corrected chi connectivity index (χ4v) is 5.54. The number of anilines is 2. The topological polar surface area (TPSA) is 66.5 Å². The van der Waals surface area contributed by atoms with Crippen molar-refractivity contribution in [2.75, 3.05) is 10.2 Å². The molecule has 3 fully saturated rings. The van der Waals surface area contributed by atoms with Gasteiger partial charge >= 0.3 is 6.18 Å². The molecule has 2 aromatic carbocycles. The zero-order chi connectivity index (χ0) is 21.9. The van der Waals surface area contributed by atoms with Gasteiger partial charge in [0.25, 0.3) is 5.91 Å². The van der Waals surface area contributed by atoms with Gasteiger partial charge in [-0.15, -0.1) is 0 Å². The van der Waals surface area contributed by atoms with Crippen molar-refractivity contribution in [2.45, 2.75) is 25.4 Å². The van der Waals surface area contributed by atoms with Crippen LogP contribution in [0.15, 0.2) is 48.5 Å². The fourth-order valence-electron chi connectivity index (χ4n) is 5.54. The number of hydrogen-bond donors (Lipinski definition) is 1. The lowest BCUT2D eigenvalue weighted by Crippen LogP contribution is -2.34. The molecule has 3 aliphatic rings. The predicted molar refractivity (Wildman–Crippen MR) is 106 cm³/mol. The second-order valence-electron chi connectivity index (χ2n) is 8.41. The van der Waals surface area contributed by atoms with Crippen LogP contribution in [0.2, 0.25) is 0 Å². The highest BCUT2D eigenvalue weighted by Crippen LogP contribution is 2.56. The Balaban J connectivity index is 1.48. The molecule has 1 heterocycles. The summed E-state index contributed by atoms with van der Waals surface area (Å²) in [5, 5.41) is 2.30. The van der Waals surface area contributed by atoms with E-state index >= 15 is 0 Å². The van der Waals surface area contributed by atoms with Gasteiger partial charge in [-0.3, -0.25) is 14.4 Å². The van der Waals surface area contributed by atoms with Crippen molar-refractivity contribution in [3.8, 4) is 0 Å². The summed E-state index contributed by atoms with van der Waals surface area (Å²) in [6.45, 7) is 0. The maximum absolute atomic E-state index is 13.3. The van der Waals surface area contributed by atoms with Crippen LogP contribution in [0.25, 0.3) is 0 Å². The molecule has 0 spiro atoms. The van der Waals surface area contributed by atoms with Crippen LogP contribution in [0.5, 0.6) is 0 Å². The van der Waals surface area contributed by atoms with Gasteiger partial charge in [-0.05, 0) is 55.4 Å². The van der Waals surface area contributed by atoms with E-state index in [9.17, 15) is 27.6 Å². The van der Waals surface area contributed by atoms with Crippen molar-refractivity contribution in [3.63, 3.8) is 0 Å². The van der Waals surface area contributed by atoms with E-state index in [2.05, 4.69) is 5.32 Å². The highest BCUT2D eigenvalue weighted by molar-refractivity contribution is 6.25. The number of amides is 3. The van der Waals surface area contributed by atoms with Crippen molar-refractivity contribution in [1.82, 2.24) is 0 Å². The molecule has 1 N–H and O–H groups in total. The van der Waals surface area contributed by atoms with Crippen LogP contribution in [0, 0.1) is 23.7 Å². The predicted octanol–water partition coefficient (Wildman–Crippen LogP) is 4.49. The maximum Gasteiger partial charge on any atom is 0.418 e. The van der Waals surface area contributed by atoms with Gasteiger partial charge in [0.15, 0.2) is 0 Å². The number of nitrogens with one attached hydrogen (secondary N) is 1. The van der Waals surface area contributed by atoms with Crippen LogP contribution in [-0.4, -0.2) is 17.7 Å². The number of carbonyl (C=O) groups excluding carboxylic acids is 3. The molecule has 0 aromatic heterocycles. The fraction of sp³-hybridized carbons (Fsp3) is 0.348. The number of para-hydroxylation sites is 2. The van der Waals surface area contributed by atoms with Crippen molar-refractivity contribution >= 4 is 29.1 Å². The average Bonchev–Trinajstić information content (AvgIpc) is 3.41. The van der Waals surface area contributed by atoms with E-state index in [0.717, 1.165) is 36.3 Å². The molecule has 2 saturated carbocycles. The Morgan fingerprint density at radius 3 is 2.13 bits per heavy atom. The Labute approximate surface area is 176 Å². The third-order valence-corrected chi connectivity index (χ3v) is 6.80. The van der Waals surface area contributed by atoms with E-state index in [1.807, 2.05) is 0 Å². The average molecular weight is 428 g/mol. The molecule has 2 bridgehead atoms. The standard InChI is InChI=1S/C23H19F3N2O3/c24-23(25,26)15-6-2-3-7-16(15)27-20(29)14-5-1-4-8-17(14)28-21(30)18-12-9-10-13(11-12)19(18)22(28)31/h1-8,12-13,18-19H,9-11H2,(H,27,29)/t12-,13-,18+,19+/m0/s1. The van der Waals surface area contributed by atoms with Crippen LogP contribution in [-0.2, 0) is 15.8 Å². The Bertz CT molecular complexity index is 1070. The van der Waals surface area contributed by atoms with Gasteiger partial charge in [0, 0.05) is 0 Å². The van der Waals surface area contributed by atoms with Crippen LogP contribution in [0.3, 0.4) is 0 Å². The van der Waals surface area contributed by atoms with E-state index in [0.29, 0.717) is 0 Å². The van der Waals surface area contributed by atoms with Gasteiger partial charge in [0.2, 0.25) is 11.8 Å². The summed E-state index contributed by atoms with van der Waals surface area (Å²) in [6.07, 6.45) is -1.90. The second kappa shape index (κ2) is 6.93. The highest BCUT2D eigenvalue weighted by atomic mass is 19.4. The highest BCUT2D eigenvalue weighted by Gasteiger charge is 2.61. The first-order chi connectivity index (χ1) is 14.8. The molecule has 3 amide bonds. The molecule has 1 saturated heterocycles. The minimum absolute atomic E-state index is 0.0199. The van der Waals surface area contributed by atoms with Gasteiger partial charge in [-0.2, -0.15) is 13.2 Å². The molecule has 0 radical (unpaired) electrons. The molecule has 4 atom stereocenters. The van der Waals surface area contributed by atoms with E-state index in [-0.39, 0.29) is 52.4 Å². The normalized spacial score (nSPS) is 27.0. The lowest BCUT2D eigenvalue weighted by atomic mass is 9.81. The van der Waals surface area contributed by atoms with Crippen molar-refractivity contribution in [3.05, 3.63) is 59.7 Å². The summed E-state index contributed by atoms with van der Waals surface area (Å²) >= 11 is 0. The first-order valence-corrected chi connectivity index (χ1v) is 10.2. The monoisotopic (exact) mass is 428 g/mol.